The Morgan fingerprint density at radius 1 is 1.03 bits per heavy atom. The van der Waals surface area contributed by atoms with Crippen molar-refractivity contribution in [3.8, 4) is 11.5 Å². The molecule has 0 bridgehead atoms. The molecule has 0 radical (unpaired) electrons. The summed E-state index contributed by atoms with van der Waals surface area (Å²) in [5.41, 5.74) is 1.34. The number of thiophene rings is 1. The Hall–Kier alpha value is -2.84. The van der Waals surface area contributed by atoms with E-state index in [4.69, 9.17) is 9.47 Å². The van der Waals surface area contributed by atoms with Crippen LogP contribution in [0.2, 0.25) is 0 Å². The van der Waals surface area contributed by atoms with Crippen LogP contribution in [0.4, 0.5) is 5.69 Å². The van der Waals surface area contributed by atoms with Gasteiger partial charge in [0.15, 0.2) is 0 Å². The van der Waals surface area contributed by atoms with E-state index in [1.165, 1.54) is 43.4 Å². The van der Waals surface area contributed by atoms with Gasteiger partial charge in [0.05, 0.1) is 23.8 Å². The second kappa shape index (κ2) is 8.83. The van der Waals surface area contributed by atoms with E-state index in [2.05, 4.69) is 5.32 Å². The van der Waals surface area contributed by atoms with Crippen LogP contribution in [-0.2, 0) is 14.6 Å². The molecule has 8 heteroatoms. The second-order valence-corrected chi connectivity index (χ2v) is 11.2. The lowest BCUT2D eigenvalue weighted by atomic mass is 9.90. The Kier molecular flexibility index (Phi) is 5.88. The second-order valence-electron chi connectivity index (χ2n) is 8.42. The molecule has 5 rings (SSSR count). The number of sulfone groups is 1. The van der Waals surface area contributed by atoms with E-state index in [0.717, 1.165) is 29.0 Å². The molecule has 2 heterocycles. The molecule has 1 amide bonds. The van der Waals surface area contributed by atoms with Gasteiger partial charge in [0, 0.05) is 22.6 Å². The molecule has 0 unspecified atom stereocenters. The highest BCUT2D eigenvalue weighted by molar-refractivity contribution is 7.91. The van der Waals surface area contributed by atoms with Crippen molar-refractivity contribution in [2.45, 2.75) is 53.9 Å². The van der Waals surface area contributed by atoms with E-state index < -0.39 is 9.84 Å². The van der Waals surface area contributed by atoms with Gasteiger partial charge in [-0.1, -0.05) is 12.1 Å². The van der Waals surface area contributed by atoms with E-state index in [9.17, 15) is 13.2 Å². The molecular weight excluding hydrogens is 458 g/mol. The number of nitrogens with one attached hydrogen (secondary N) is 1. The third kappa shape index (κ3) is 4.25. The van der Waals surface area contributed by atoms with Gasteiger partial charge < -0.3 is 14.8 Å². The highest BCUT2D eigenvalue weighted by atomic mass is 32.2. The van der Waals surface area contributed by atoms with E-state index in [-0.39, 0.29) is 34.1 Å². The maximum Gasteiger partial charge on any atom is 0.225 e. The van der Waals surface area contributed by atoms with E-state index in [1.807, 2.05) is 24.3 Å². The highest BCUT2D eigenvalue weighted by Gasteiger charge is 2.34. The lowest BCUT2D eigenvalue weighted by Crippen LogP contribution is -2.23. The van der Waals surface area contributed by atoms with Gasteiger partial charge in [0.1, 0.15) is 16.4 Å². The van der Waals surface area contributed by atoms with E-state index in [1.54, 1.807) is 17.5 Å². The molecule has 2 aromatic carbocycles. The first kappa shape index (κ1) is 22.0. The Balaban J connectivity index is 1.49. The lowest BCUT2D eigenvalue weighted by Gasteiger charge is -2.24. The molecule has 1 N–H and O–H groups in total. The zero-order valence-corrected chi connectivity index (χ0v) is 19.9. The Morgan fingerprint density at radius 2 is 1.79 bits per heavy atom. The third-order valence-electron chi connectivity index (χ3n) is 6.28. The summed E-state index contributed by atoms with van der Waals surface area (Å²) in [5, 5.41) is 4.44. The quantitative estimate of drug-likeness (QED) is 0.509. The van der Waals surface area contributed by atoms with Gasteiger partial charge in [0.2, 0.25) is 15.7 Å². The average molecular weight is 484 g/mol. The molecule has 1 aliphatic heterocycles. The molecule has 1 saturated carbocycles. The summed E-state index contributed by atoms with van der Waals surface area (Å²) in [7, 11) is -2.27. The molecule has 1 aromatic heterocycles. The molecule has 33 heavy (non-hydrogen) atoms. The predicted molar refractivity (Wildman–Crippen MR) is 127 cm³/mol. The maximum absolute atomic E-state index is 13.4. The van der Waals surface area contributed by atoms with Crippen LogP contribution in [0, 0.1) is 0 Å². The molecule has 0 spiro atoms. The number of benzene rings is 2. The molecule has 3 aromatic rings. The molecule has 0 saturated heterocycles. The van der Waals surface area contributed by atoms with Crippen molar-refractivity contribution in [2.24, 2.45) is 0 Å². The lowest BCUT2D eigenvalue weighted by molar-refractivity contribution is -0.116. The van der Waals surface area contributed by atoms with Crippen LogP contribution in [0.3, 0.4) is 0 Å². The molecule has 1 atom stereocenters. The SMILES string of the molecule is COc1ccc(S(=O)(=O)c2csc3c2NC(=O)C[C@@H]3c2cccc(OC3CCCC3)c2)cc1. The standard InChI is InChI=1S/C25H25NO5S2/c1-30-17-9-11-20(12-10-17)33(28,29)22-15-32-25-21(14-23(27)26-24(22)25)16-5-4-8-19(13-16)31-18-6-2-3-7-18/h4-5,8-13,15,18,21H,2-3,6-7,14H2,1H3,(H,26,27)/t21-/m1/s1. The molecule has 2 aliphatic rings. The van der Waals surface area contributed by atoms with Crippen molar-refractivity contribution in [2.75, 3.05) is 12.4 Å². The number of fused-ring (bicyclic) bond motifs is 1. The van der Waals surface area contributed by atoms with E-state index >= 15 is 0 Å². The summed E-state index contributed by atoms with van der Waals surface area (Å²) in [6.07, 6.45) is 5.03. The Morgan fingerprint density at radius 3 is 2.52 bits per heavy atom. The molecule has 1 fully saturated rings. The molecule has 6 nitrogen and oxygen atoms in total. The number of hydrogen-bond acceptors (Lipinski definition) is 6. The average Bonchev–Trinajstić information content (AvgIpc) is 3.49. The maximum atomic E-state index is 13.4. The number of carbonyl (C=O) groups is 1. The minimum absolute atomic E-state index is 0.129. The Bertz CT molecular complexity index is 1270. The first-order valence-corrected chi connectivity index (χ1v) is 13.4. The predicted octanol–water partition coefficient (Wildman–Crippen LogP) is 5.39. The van der Waals surface area contributed by atoms with Gasteiger partial charge in [-0.15, -0.1) is 11.3 Å². The zero-order valence-electron chi connectivity index (χ0n) is 18.2. The van der Waals surface area contributed by atoms with Crippen molar-refractivity contribution in [3.05, 3.63) is 64.4 Å². The molecular formula is C25H25NO5S2. The number of ether oxygens (including phenoxy) is 2. The van der Waals surface area contributed by atoms with Gasteiger partial charge in [-0.3, -0.25) is 4.79 Å². The van der Waals surface area contributed by atoms with Gasteiger partial charge in [-0.05, 0) is 67.6 Å². The minimum Gasteiger partial charge on any atom is -0.497 e. The summed E-state index contributed by atoms with van der Waals surface area (Å²) >= 11 is 1.37. The van der Waals surface area contributed by atoms with Crippen molar-refractivity contribution in [1.29, 1.82) is 0 Å². The van der Waals surface area contributed by atoms with Crippen LogP contribution >= 0.6 is 11.3 Å². The van der Waals surface area contributed by atoms with Crippen molar-refractivity contribution >= 4 is 32.8 Å². The van der Waals surface area contributed by atoms with Crippen molar-refractivity contribution in [1.82, 2.24) is 0 Å². The first-order chi connectivity index (χ1) is 16.0. The van der Waals surface area contributed by atoms with Gasteiger partial charge in [-0.25, -0.2) is 8.42 Å². The summed E-state index contributed by atoms with van der Waals surface area (Å²) in [6.45, 7) is 0. The number of methoxy groups -OCH3 is 1. The summed E-state index contributed by atoms with van der Waals surface area (Å²) in [6, 6.07) is 14.1. The fourth-order valence-electron chi connectivity index (χ4n) is 4.56. The summed E-state index contributed by atoms with van der Waals surface area (Å²) in [5.74, 6) is 0.967. The van der Waals surface area contributed by atoms with Gasteiger partial charge >= 0.3 is 0 Å². The van der Waals surface area contributed by atoms with Crippen LogP contribution < -0.4 is 14.8 Å². The number of carbonyl (C=O) groups excluding carboxylic acids is 1. The number of rotatable bonds is 6. The minimum atomic E-state index is -3.80. The third-order valence-corrected chi connectivity index (χ3v) is 9.32. The summed E-state index contributed by atoms with van der Waals surface area (Å²) in [4.78, 5) is 13.8. The topological polar surface area (TPSA) is 81.7 Å². The van der Waals surface area contributed by atoms with Crippen LogP contribution in [0.25, 0.3) is 0 Å². The first-order valence-electron chi connectivity index (χ1n) is 11.0. The van der Waals surface area contributed by atoms with Gasteiger partial charge in [-0.2, -0.15) is 0 Å². The van der Waals surface area contributed by atoms with E-state index in [0.29, 0.717) is 11.4 Å². The zero-order chi connectivity index (χ0) is 23.0. The molecule has 172 valence electrons. The monoisotopic (exact) mass is 483 g/mol. The normalized spacial score (nSPS) is 18.6. The van der Waals surface area contributed by atoms with Crippen molar-refractivity contribution in [3.63, 3.8) is 0 Å². The van der Waals surface area contributed by atoms with Crippen molar-refractivity contribution < 1.29 is 22.7 Å². The Labute approximate surface area is 197 Å². The van der Waals surface area contributed by atoms with Crippen LogP contribution in [0.1, 0.15) is 48.5 Å². The fourth-order valence-corrected chi connectivity index (χ4v) is 7.46. The number of hydrogen-bond donors (Lipinski definition) is 1. The smallest absolute Gasteiger partial charge is 0.225 e. The van der Waals surface area contributed by atoms with Crippen LogP contribution in [0.5, 0.6) is 11.5 Å². The largest absolute Gasteiger partial charge is 0.497 e. The van der Waals surface area contributed by atoms with Crippen LogP contribution in [-0.4, -0.2) is 27.5 Å². The number of amides is 1. The summed E-state index contributed by atoms with van der Waals surface area (Å²) < 4.78 is 38.0. The van der Waals surface area contributed by atoms with Crippen LogP contribution in [0.15, 0.2) is 63.7 Å². The fraction of sp³-hybridized carbons (Fsp3) is 0.320. The van der Waals surface area contributed by atoms with Gasteiger partial charge in [0.25, 0.3) is 0 Å². The number of anilines is 1. The highest BCUT2D eigenvalue weighted by Crippen LogP contribution is 2.46. The molecule has 1 aliphatic carbocycles.